The van der Waals surface area contributed by atoms with E-state index in [4.69, 9.17) is 18.3 Å². The molecule has 0 aliphatic rings. The van der Waals surface area contributed by atoms with E-state index >= 15 is 0 Å². The lowest BCUT2D eigenvalue weighted by Crippen LogP contribution is -2.10. The third-order valence-electron chi connectivity index (χ3n) is 4.02. The smallest absolute Gasteiger partial charge is 0.379 e. The largest absolute Gasteiger partial charge is 0.457 e. The van der Waals surface area contributed by atoms with Crippen LogP contribution in [0.3, 0.4) is 0 Å². The van der Waals surface area contributed by atoms with E-state index in [0.29, 0.717) is 11.3 Å². The molecule has 2 aromatic carbocycles. The average Bonchev–Trinajstić information content (AvgIpc) is 3.49. The topological polar surface area (TPSA) is 91.2 Å². The van der Waals surface area contributed by atoms with Crippen LogP contribution in [0.25, 0.3) is 0 Å². The van der Waals surface area contributed by atoms with Crippen LogP contribution < -0.4 is 9.47 Å². The first-order valence-electron chi connectivity index (χ1n) is 9.03. The molecule has 0 saturated heterocycles. The van der Waals surface area contributed by atoms with Gasteiger partial charge in [-0.25, -0.2) is 9.59 Å². The molecule has 8 heteroatoms. The van der Waals surface area contributed by atoms with E-state index in [1.807, 2.05) is 24.3 Å². The Morgan fingerprint density at radius 1 is 0.839 bits per heavy atom. The lowest BCUT2D eigenvalue weighted by Gasteiger charge is -2.09. The van der Waals surface area contributed by atoms with Gasteiger partial charge in [0.1, 0.15) is 11.5 Å². The molecule has 0 bridgehead atoms. The molecule has 31 heavy (non-hydrogen) atoms. The number of hydrogen-bond acceptors (Lipinski definition) is 7. The van der Waals surface area contributed by atoms with E-state index in [-0.39, 0.29) is 23.0 Å². The van der Waals surface area contributed by atoms with E-state index in [0.717, 1.165) is 4.47 Å². The molecule has 0 atom stereocenters. The van der Waals surface area contributed by atoms with Gasteiger partial charge in [-0.2, -0.15) is 0 Å². The van der Waals surface area contributed by atoms with E-state index in [1.54, 1.807) is 30.5 Å². The molecule has 154 valence electrons. The molecule has 4 rings (SSSR count). The van der Waals surface area contributed by atoms with Crippen molar-refractivity contribution in [1.29, 1.82) is 0 Å². The molecule has 7 nitrogen and oxygen atoms in total. The van der Waals surface area contributed by atoms with Gasteiger partial charge in [0.25, 0.3) is 0 Å². The number of halogens is 1. The van der Waals surface area contributed by atoms with E-state index in [2.05, 4.69) is 20.9 Å². The summed E-state index contributed by atoms with van der Waals surface area (Å²) < 4.78 is 21.8. The van der Waals surface area contributed by atoms with Crippen molar-refractivity contribution >= 4 is 39.8 Å². The predicted octanol–water partition coefficient (Wildman–Crippen LogP) is 5.82. The molecule has 2 heterocycles. The second kappa shape index (κ2) is 9.27. The number of rotatable bonds is 6. The second-order valence-corrected chi connectivity index (χ2v) is 7.08. The van der Waals surface area contributed by atoms with Crippen molar-refractivity contribution in [2.45, 2.75) is 0 Å². The highest BCUT2D eigenvalue weighted by Crippen LogP contribution is 2.27. The van der Waals surface area contributed by atoms with E-state index in [1.165, 1.54) is 30.7 Å². The van der Waals surface area contributed by atoms with Gasteiger partial charge in [0.2, 0.25) is 11.5 Å². The number of aliphatic imine (C=N–C) groups is 1. The fourth-order valence-corrected chi connectivity index (χ4v) is 2.81. The van der Waals surface area contributed by atoms with Gasteiger partial charge >= 0.3 is 11.9 Å². The highest BCUT2D eigenvalue weighted by atomic mass is 79.9. The number of ether oxygens (including phenoxy) is 2. The van der Waals surface area contributed by atoms with Crippen molar-refractivity contribution in [2.75, 3.05) is 0 Å². The number of nitrogens with zero attached hydrogens (tertiary/aromatic N) is 1. The number of benzene rings is 2. The Hall–Kier alpha value is -3.91. The van der Waals surface area contributed by atoms with Crippen LogP contribution in [-0.4, -0.2) is 18.2 Å². The van der Waals surface area contributed by atoms with Crippen LogP contribution in [0.1, 0.15) is 26.7 Å². The summed E-state index contributed by atoms with van der Waals surface area (Å²) in [4.78, 5) is 28.9. The molecule has 0 amide bonds. The molecule has 0 aliphatic heterocycles. The normalized spacial score (nSPS) is 10.9. The summed E-state index contributed by atoms with van der Waals surface area (Å²) in [6, 6.07) is 18.1. The highest BCUT2D eigenvalue weighted by Gasteiger charge is 2.17. The maximum atomic E-state index is 12.4. The number of carbonyl (C=O) groups is 2. The molecule has 4 aromatic rings. The molecule has 0 N–H and O–H groups in total. The Labute approximate surface area is 185 Å². The minimum absolute atomic E-state index is 0.0359. The molecule has 0 spiro atoms. The number of furan rings is 2. The average molecular weight is 480 g/mol. The van der Waals surface area contributed by atoms with Crippen molar-refractivity contribution in [3.63, 3.8) is 0 Å². The summed E-state index contributed by atoms with van der Waals surface area (Å²) in [5.41, 5.74) is 1.21. The number of hydrogen-bond donors (Lipinski definition) is 0. The van der Waals surface area contributed by atoms with Gasteiger partial charge in [-0.3, -0.25) is 4.99 Å². The Balaban J connectivity index is 1.61. The van der Waals surface area contributed by atoms with Gasteiger partial charge in [0.05, 0.1) is 18.2 Å². The standard InChI is InChI=1S/C23H14BrNO6/c24-16-6-8-17(9-7-16)25-14-15-5-10-18(30-22(26)19-3-1-11-28-19)13-21(15)31-23(27)20-4-2-12-29-20/h1-14H. The third-order valence-corrected chi connectivity index (χ3v) is 4.55. The Kier molecular flexibility index (Phi) is 6.09. The minimum Gasteiger partial charge on any atom is -0.457 e. The first kappa shape index (κ1) is 20.4. The Morgan fingerprint density at radius 3 is 2.10 bits per heavy atom. The summed E-state index contributed by atoms with van der Waals surface area (Å²) in [5.74, 6) is -0.970. The quantitative estimate of drug-likeness (QED) is 0.196. The zero-order chi connectivity index (χ0) is 21.6. The third kappa shape index (κ3) is 5.18. The number of esters is 2. The van der Waals surface area contributed by atoms with E-state index < -0.39 is 11.9 Å². The molecule has 0 aliphatic carbocycles. The summed E-state index contributed by atoms with van der Waals surface area (Å²) in [6.07, 6.45) is 4.29. The Bertz CT molecular complexity index is 1210. The maximum Gasteiger partial charge on any atom is 0.379 e. The van der Waals surface area contributed by atoms with Gasteiger partial charge in [0, 0.05) is 22.3 Å². The second-order valence-electron chi connectivity index (χ2n) is 6.17. The molecule has 0 saturated carbocycles. The van der Waals surface area contributed by atoms with Crippen molar-refractivity contribution in [3.8, 4) is 11.5 Å². The van der Waals surface area contributed by atoms with Crippen LogP contribution in [0.15, 0.2) is 97.6 Å². The summed E-state index contributed by atoms with van der Waals surface area (Å²) in [7, 11) is 0. The van der Waals surface area contributed by atoms with Crippen LogP contribution in [0.2, 0.25) is 0 Å². The minimum atomic E-state index is -0.696. The molecule has 0 fully saturated rings. The summed E-state index contributed by atoms with van der Waals surface area (Å²) in [6.45, 7) is 0. The number of carbonyl (C=O) groups excluding carboxylic acids is 2. The van der Waals surface area contributed by atoms with Crippen LogP contribution in [0.4, 0.5) is 5.69 Å². The monoisotopic (exact) mass is 479 g/mol. The Morgan fingerprint density at radius 2 is 1.48 bits per heavy atom. The molecule has 0 radical (unpaired) electrons. The van der Waals surface area contributed by atoms with Crippen molar-refractivity contribution < 1.29 is 27.9 Å². The first-order chi connectivity index (χ1) is 15.1. The van der Waals surface area contributed by atoms with Crippen LogP contribution >= 0.6 is 15.9 Å². The molecule has 2 aromatic heterocycles. The van der Waals surface area contributed by atoms with E-state index in [9.17, 15) is 9.59 Å². The van der Waals surface area contributed by atoms with Gasteiger partial charge in [0.15, 0.2) is 0 Å². The molecular weight excluding hydrogens is 466 g/mol. The van der Waals surface area contributed by atoms with Gasteiger partial charge in [-0.15, -0.1) is 0 Å². The fraction of sp³-hybridized carbons (Fsp3) is 0. The lowest BCUT2D eigenvalue weighted by molar-refractivity contribution is 0.0698. The van der Waals surface area contributed by atoms with Crippen LogP contribution in [0.5, 0.6) is 11.5 Å². The van der Waals surface area contributed by atoms with Crippen molar-refractivity contribution in [1.82, 2.24) is 0 Å². The fourth-order valence-electron chi connectivity index (χ4n) is 2.54. The van der Waals surface area contributed by atoms with Crippen molar-refractivity contribution in [3.05, 3.63) is 101 Å². The zero-order valence-electron chi connectivity index (χ0n) is 15.9. The van der Waals surface area contributed by atoms with Crippen LogP contribution in [0, 0.1) is 0 Å². The molecular formula is C23H14BrNO6. The zero-order valence-corrected chi connectivity index (χ0v) is 17.4. The van der Waals surface area contributed by atoms with Crippen LogP contribution in [-0.2, 0) is 0 Å². The summed E-state index contributed by atoms with van der Waals surface area (Å²) >= 11 is 3.37. The van der Waals surface area contributed by atoms with Gasteiger partial charge in [-0.1, -0.05) is 15.9 Å². The summed E-state index contributed by atoms with van der Waals surface area (Å²) in [5, 5.41) is 0. The molecule has 0 unspecified atom stereocenters. The maximum absolute atomic E-state index is 12.4. The highest BCUT2D eigenvalue weighted by molar-refractivity contribution is 9.10. The first-order valence-corrected chi connectivity index (χ1v) is 9.83. The SMILES string of the molecule is O=C(Oc1ccc(C=Nc2ccc(Br)cc2)c(OC(=O)c2ccco2)c1)c1ccco1. The predicted molar refractivity (Wildman–Crippen MR) is 115 cm³/mol. The van der Waals surface area contributed by atoms with Crippen molar-refractivity contribution in [2.24, 2.45) is 4.99 Å². The lowest BCUT2D eigenvalue weighted by atomic mass is 10.2. The van der Waals surface area contributed by atoms with Gasteiger partial charge < -0.3 is 18.3 Å². The van der Waals surface area contributed by atoms with Gasteiger partial charge in [-0.05, 0) is 60.7 Å².